The first-order chi connectivity index (χ1) is 12.9. The highest BCUT2D eigenvalue weighted by molar-refractivity contribution is 9.11. The lowest BCUT2D eigenvalue weighted by molar-refractivity contribution is 0.0698. The number of sulfonamides is 1. The number of halogens is 1. The number of hydrogen-bond acceptors (Lipinski definition) is 4. The topological polar surface area (TPSA) is 57.7 Å². The van der Waals surface area contributed by atoms with Crippen molar-refractivity contribution in [3.05, 3.63) is 63.9 Å². The Morgan fingerprint density at radius 3 is 2.30 bits per heavy atom. The molecule has 0 N–H and O–H groups in total. The minimum Gasteiger partial charge on any atom is -0.336 e. The van der Waals surface area contributed by atoms with E-state index in [4.69, 9.17) is 0 Å². The normalized spacial score (nSPS) is 16.0. The van der Waals surface area contributed by atoms with Gasteiger partial charge in [-0.3, -0.25) is 4.79 Å². The molecule has 1 fully saturated rings. The van der Waals surface area contributed by atoms with E-state index in [0.29, 0.717) is 36.0 Å². The van der Waals surface area contributed by atoms with Gasteiger partial charge in [0.1, 0.15) is 4.21 Å². The number of piperazine rings is 1. The maximum absolute atomic E-state index is 12.8. The molecule has 1 amide bonds. The molecule has 2 aromatic carbocycles. The molecule has 0 bridgehead atoms. The summed E-state index contributed by atoms with van der Waals surface area (Å²) in [6.07, 6.45) is 0. The minimum absolute atomic E-state index is 0.0586. The first kappa shape index (κ1) is 18.6. The van der Waals surface area contributed by atoms with Crippen LogP contribution in [-0.2, 0) is 10.0 Å². The van der Waals surface area contributed by atoms with Gasteiger partial charge in [-0.05, 0) is 51.0 Å². The lowest BCUT2D eigenvalue weighted by Crippen LogP contribution is -2.50. The van der Waals surface area contributed by atoms with Crippen LogP contribution in [0.3, 0.4) is 0 Å². The quantitative estimate of drug-likeness (QED) is 0.591. The highest BCUT2D eigenvalue weighted by Crippen LogP contribution is 2.29. The molecule has 0 unspecified atom stereocenters. The summed E-state index contributed by atoms with van der Waals surface area (Å²) in [5, 5.41) is 2.11. The van der Waals surface area contributed by atoms with Gasteiger partial charge in [0.15, 0.2) is 0 Å². The molecule has 1 aliphatic heterocycles. The molecule has 0 radical (unpaired) electrons. The van der Waals surface area contributed by atoms with Gasteiger partial charge in [-0.1, -0.05) is 30.3 Å². The van der Waals surface area contributed by atoms with E-state index in [0.717, 1.165) is 14.6 Å². The molecule has 0 aliphatic carbocycles. The smallest absolute Gasteiger partial charge is 0.253 e. The molecule has 2 heterocycles. The Balaban J connectivity index is 1.47. The maximum Gasteiger partial charge on any atom is 0.253 e. The van der Waals surface area contributed by atoms with Crippen LogP contribution in [0.5, 0.6) is 0 Å². The highest BCUT2D eigenvalue weighted by atomic mass is 79.9. The summed E-state index contributed by atoms with van der Waals surface area (Å²) in [6, 6.07) is 16.9. The molecular formula is C19H17BrN2O3S2. The van der Waals surface area contributed by atoms with Crippen molar-refractivity contribution < 1.29 is 13.2 Å². The van der Waals surface area contributed by atoms with E-state index in [1.807, 2.05) is 42.5 Å². The maximum atomic E-state index is 12.8. The average Bonchev–Trinajstić information content (AvgIpc) is 3.14. The van der Waals surface area contributed by atoms with Gasteiger partial charge in [0.25, 0.3) is 15.9 Å². The van der Waals surface area contributed by atoms with Crippen molar-refractivity contribution in [2.45, 2.75) is 4.21 Å². The molecular weight excluding hydrogens is 448 g/mol. The molecule has 1 aliphatic rings. The fourth-order valence-corrected chi connectivity index (χ4v) is 6.79. The Kier molecular flexibility index (Phi) is 5.07. The second kappa shape index (κ2) is 7.35. The standard InChI is InChI=1S/C19H17BrN2O3S2/c20-17-7-8-18(26-17)27(24,25)22-11-9-21(10-12-22)19(23)16-6-5-14-3-1-2-4-15(14)13-16/h1-8,13H,9-12H2. The molecule has 5 nitrogen and oxygen atoms in total. The van der Waals surface area contributed by atoms with Gasteiger partial charge >= 0.3 is 0 Å². The lowest BCUT2D eigenvalue weighted by Gasteiger charge is -2.33. The van der Waals surface area contributed by atoms with E-state index in [1.165, 1.54) is 15.6 Å². The van der Waals surface area contributed by atoms with Crippen molar-refractivity contribution in [2.24, 2.45) is 0 Å². The van der Waals surface area contributed by atoms with Crippen molar-refractivity contribution in [1.82, 2.24) is 9.21 Å². The number of hydrogen-bond donors (Lipinski definition) is 0. The van der Waals surface area contributed by atoms with Gasteiger partial charge in [0, 0.05) is 31.7 Å². The zero-order valence-electron chi connectivity index (χ0n) is 14.3. The molecule has 0 spiro atoms. The van der Waals surface area contributed by atoms with E-state index in [2.05, 4.69) is 15.9 Å². The van der Waals surface area contributed by atoms with Crippen molar-refractivity contribution in [2.75, 3.05) is 26.2 Å². The second-order valence-electron chi connectivity index (χ2n) is 6.32. The van der Waals surface area contributed by atoms with Crippen LogP contribution in [0.2, 0.25) is 0 Å². The minimum atomic E-state index is -3.50. The molecule has 3 aromatic rings. The summed E-state index contributed by atoms with van der Waals surface area (Å²) in [5.41, 5.74) is 0.632. The van der Waals surface area contributed by atoms with E-state index in [1.54, 1.807) is 17.0 Å². The Labute approximate surface area is 170 Å². The molecule has 140 valence electrons. The molecule has 4 rings (SSSR count). The van der Waals surface area contributed by atoms with Crippen LogP contribution in [0.4, 0.5) is 0 Å². The predicted octanol–water partition coefficient (Wildman–Crippen LogP) is 3.81. The fourth-order valence-electron chi connectivity index (χ4n) is 3.20. The van der Waals surface area contributed by atoms with Crippen molar-refractivity contribution >= 4 is 54.0 Å². The summed E-state index contributed by atoms with van der Waals surface area (Å²) < 4.78 is 28.0. The molecule has 0 atom stereocenters. The van der Waals surface area contributed by atoms with Crippen LogP contribution in [0.25, 0.3) is 10.8 Å². The fraction of sp³-hybridized carbons (Fsp3) is 0.211. The monoisotopic (exact) mass is 464 g/mol. The second-order valence-corrected chi connectivity index (χ2v) is 10.9. The van der Waals surface area contributed by atoms with Crippen LogP contribution in [0.15, 0.2) is 62.6 Å². The summed E-state index contributed by atoms with van der Waals surface area (Å²) in [7, 11) is -3.50. The first-order valence-corrected chi connectivity index (χ1v) is 11.5. The van der Waals surface area contributed by atoms with Gasteiger partial charge in [-0.15, -0.1) is 11.3 Å². The van der Waals surface area contributed by atoms with Crippen LogP contribution in [0.1, 0.15) is 10.4 Å². The van der Waals surface area contributed by atoms with Crippen molar-refractivity contribution in [1.29, 1.82) is 0 Å². The van der Waals surface area contributed by atoms with Crippen molar-refractivity contribution in [3.63, 3.8) is 0 Å². The summed E-state index contributed by atoms with van der Waals surface area (Å²) in [4.78, 5) is 14.5. The Morgan fingerprint density at radius 1 is 0.926 bits per heavy atom. The predicted molar refractivity (Wildman–Crippen MR) is 111 cm³/mol. The van der Waals surface area contributed by atoms with Gasteiger partial charge in [-0.2, -0.15) is 4.31 Å². The molecule has 0 saturated carbocycles. The Hall–Kier alpha value is -1.74. The van der Waals surface area contributed by atoms with E-state index < -0.39 is 10.0 Å². The summed E-state index contributed by atoms with van der Waals surface area (Å²) in [5.74, 6) is -0.0586. The molecule has 1 saturated heterocycles. The number of amides is 1. The van der Waals surface area contributed by atoms with Crippen molar-refractivity contribution in [3.8, 4) is 0 Å². The number of fused-ring (bicyclic) bond motifs is 1. The number of benzene rings is 2. The van der Waals surface area contributed by atoms with Gasteiger partial charge in [0.05, 0.1) is 3.79 Å². The first-order valence-electron chi connectivity index (χ1n) is 8.49. The Morgan fingerprint density at radius 2 is 1.63 bits per heavy atom. The van der Waals surface area contributed by atoms with E-state index in [9.17, 15) is 13.2 Å². The SMILES string of the molecule is O=C(c1ccc2ccccc2c1)N1CCN(S(=O)(=O)c2ccc(Br)s2)CC1. The zero-order valence-corrected chi connectivity index (χ0v) is 17.6. The van der Waals surface area contributed by atoms with Gasteiger partial charge in [-0.25, -0.2) is 8.42 Å². The molecule has 1 aromatic heterocycles. The van der Waals surface area contributed by atoms with Crippen LogP contribution in [0, 0.1) is 0 Å². The van der Waals surface area contributed by atoms with Gasteiger partial charge < -0.3 is 4.90 Å². The number of carbonyl (C=O) groups is 1. The average molecular weight is 465 g/mol. The van der Waals surface area contributed by atoms with Crippen LogP contribution >= 0.6 is 27.3 Å². The number of carbonyl (C=O) groups excluding carboxylic acids is 1. The van der Waals surface area contributed by atoms with E-state index >= 15 is 0 Å². The molecule has 27 heavy (non-hydrogen) atoms. The zero-order chi connectivity index (χ0) is 19.0. The summed E-state index contributed by atoms with van der Waals surface area (Å²) in [6.45, 7) is 1.38. The lowest BCUT2D eigenvalue weighted by atomic mass is 10.1. The van der Waals surface area contributed by atoms with Gasteiger partial charge in [0.2, 0.25) is 0 Å². The summed E-state index contributed by atoms with van der Waals surface area (Å²) >= 11 is 4.50. The highest BCUT2D eigenvalue weighted by Gasteiger charge is 2.31. The number of nitrogens with zero attached hydrogens (tertiary/aromatic N) is 2. The Bertz CT molecular complexity index is 1100. The van der Waals surface area contributed by atoms with Crippen LogP contribution in [-0.4, -0.2) is 49.7 Å². The third kappa shape index (κ3) is 3.67. The number of rotatable bonds is 3. The van der Waals surface area contributed by atoms with E-state index in [-0.39, 0.29) is 5.91 Å². The third-order valence-corrected chi connectivity index (χ3v) is 8.65. The van der Waals surface area contributed by atoms with Crippen LogP contribution < -0.4 is 0 Å². The largest absolute Gasteiger partial charge is 0.336 e. The number of thiophene rings is 1. The third-order valence-electron chi connectivity index (χ3n) is 4.66. The molecule has 8 heteroatoms.